The first-order chi connectivity index (χ1) is 7.24. The molecule has 0 spiro atoms. The Morgan fingerprint density at radius 2 is 2.33 bits per heavy atom. The number of hydrogen-bond donors (Lipinski definition) is 2. The second-order valence-electron chi connectivity index (χ2n) is 4.04. The molecule has 0 radical (unpaired) electrons. The minimum Gasteiger partial charge on any atom is -0.356 e. The van der Waals surface area contributed by atoms with Crippen LogP contribution in [0.25, 0.3) is 0 Å². The molecule has 86 valence electrons. The highest BCUT2D eigenvalue weighted by Crippen LogP contribution is 2.10. The van der Waals surface area contributed by atoms with Crippen LogP contribution in [0.5, 0.6) is 0 Å². The summed E-state index contributed by atoms with van der Waals surface area (Å²) >= 11 is 0. The van der Waals surface area contributed by atoms with Crippen LogP contribution in [0.15, 0.2) is 0 Å². The van der Waals surface area contributed by atoms with E-state index in [2.05, 4.69) is 17.6 Å². The van der Waals surface area contributed by atoms with Crippen molar-refractivity contribution in [2.45, 2.75) is 39.0 Å². The van der Waals surface area contributed by atoms with Gasteiger partial charge in [-0.1, -0.05) is 19.8 Å². The van der Waals surface area contributed by atoms with E-state index in [0.717, 1.165) is 25.8 Å². The Balaban J connectivity index is 2.14. The molecule has 0 bridgehead atoms. The van der Waals surface area contributed by atoms with Crippen molar-refractivity contribution in [1.82, 2.24) is 10.6 Å². The number of unbranched alkanes of at least 4 members (excludes halogenated alkanes) is 2. The quantitative estimate of drug-likeness (QED) is 0.663. The molecule has 15 heavy (non-hydrogen) atoms. The van der Waals surface area contributed by atoms with Gasteiger partial charge in [0.05, 0.1) is 5.92 Å². The van der Waals surface area contributed by atoms with Gasteiger partial charge >= 0.3 is 0 Å². The summed E-state index contributed by atoms with van der Waals surface area (Å²) in [5.41, 5.74) is 0. The maximum Gasteiger partial charge on any atom is 0.224 e. The largest absolute Gasteiger partial charge is 0.356 e. The van der Waals surface area contributed by atoms with E-state index in [0.29, 0.717) is 19.4 Å². The molecule has 1 saturated heterocycles. The van der Waals surface area contributed by atoms with Crippen LogP contribution in [-0.4, -0.2) is 24.9 Å². The van der Waals surface area contributed by atoms with Crippen LogP contribution < -0.4 is 10.6 Å². The van der Waals surface area contributed by atoms with Gasteiger partial charge < -0.3 is 10.6 Å². The molecule has 0 aromatic heterocycles. The van der Waals surface area contributed by atoms with Gasteiger partial charge in [0.15, 0.2) is 0 Å². The standard InChI is InChI=1S/C11H20N2O2/c1-2-3-4-7-12-11(15)9-5-6-10(14)13-8-9/h9H,2-8H2,1H3,(H,12,15)(H,13,14). The number of nitrogens with one attached hydrogen (secondary N) is 2. The summed E-state index contributed by atoms with van der Waals surface area (Å²) in [7, 11) is 0. The molecule has 4 heteroatoms. The highest BCUT2D eigenvalue weighted by molar-refractivity contribution is 5.83. The average molecular weight is 212 g/mol. The Labute approximate surface area is 90.8 Å². The zero-order valence-corrected chi connectivity index (χ0v) is 9.34. The van der Waals surface area contributed by atoms with E-state index in [4.69, 9.17) is 0 Å². The minimum atomic E-state index is -0.0238. The molecule has 2 amide bonds. The van der Waals surface area contributed by atoms with Crippen molar-refractivity contribution in [3.8, 4) is 0 Å². The van der Waals surface area contributed by atoms with Gasteiger partial charge in [0.25, 0.3) is 0 Å². The summed E-state index contributed by atoms with van der Waals surface area (Å²) in [5, 5.41) is 5.63. The Bertz CT molecular complexity index is 219. The monoisotopic (exact) mass is 212 g/mol. The summed E-state index contributed by atoms with van der Waals surface area (Å²) in [6, 6.07) is 0. The summed E-state index contributed by atoms with van der Waals surface area (Å²) in [4.78, 5) is 22.5. The van der Waals surface area contributed by atoms with Crippen LogP contribution in [0.4, 0.5) is 0 Å². The topological polar surface area (TPSA) is 58.2 Å². The lowest BCUT2D eigenvalue weighted by molar-refractivity contribution is -0.128. The fourth-order valence-corrected chi connectivity index (χ4v) is 1.69. The molecule has 0 aromatic carbocycles. The van der Waals surface area contributed by atoms with Crippen molar-refractivity contribution in [1.29, 1.82) is 0 Å². The second-order valence-corrected chi connectivity index (χ2v) is 4.04. The van der Waals surface area contributed by atoms with E-state index in [1.165, 1.54) is 0 Å². The molecule has 0 aliphatic carbocycles. The fourth-order valence-electron chi connectivity index (χ4n) is 1.69. The smallest absolute Gasteiger partial charge is 0.224 e. The highest BCUT2D eigenvalue weighted by atomic mass is 16.2. The third-order valence-electron chi connectivity index (χ3n) is 2.72. The number of amides is 2. The van der Waals surface area contributed by atoms with Crippen LogP contribution in [0.1, 0.15) is 39.0 Å². The molecular formula is C11H20N2O2. The molecule has 0 aromatic rings. The fraction of sp³-hybridized carbons (Fsp3) is 0.818. The van der Waals surface area contributed by atoms with E-state index in [9.17, 15) is 9.59 Å². The number of carbonyl (C=O) groups excluding carboxylic acids is 2. The maximum absolute atomic E-state index is 11.6. The first-order valence-electron chi connectivity index (χ1n) is 5.78. The van der Waals surface area contributed by atoms with Gasteiger partial charge in [-0.05, 0) is 12.8 Å². The molecule has 1 atom stereocenters. The molecule has 1 aliphatic rings. The predicted octanol–water partition coefficient (Wildman–Crippen LogP) is 0.819. The van der Waals surface area contributed by atoms with E-state index >= 15 is 0 Å². The van der Waals surface area contributed by atoms with Crippen molar-refractivity contribution in [3.63, 3.8) is 0 Å². The lowest BCUT2D eigenvalue weighted by Crippen LogP contribution is -2.43. The predicted molar refractivity (Wildman–Crippen MR) is 58.3 cm³/mol. The maximum atomic E-state index is 11.6. The van der Waals surface area contributed by atoms with Crippen LogP contribution in [0.3, 0.4) is 0 Å². The van der Waals surface area contributed by atoms with Gasteiger partial charge in [0, 0.05) is 19.5 Å². The third kappa shape index (κ3) is 4.32. The summed E-state index contributed by atoms with van der Waals surface area (Å²) in [6.07, 6.45) is 4.52. The van der Waals surface area contributed by atoms with E-state index in [1.54, 1.807) is 0 Å². The van der Waals surface area contributed by atoms with Gasteiger partial charge in [-0.3, -0.25) is 9.59 Å². The summed E-state index contributed by atoms with van der Waals surface area (Å²) < 4.78 is 0. The van der Waals surface area contributed by atoms with Gasteiger partial charge in [-0.15, -0.1) is 0 Å². The van der Waals surface area contributed by atoms with Crippen molar-refractivity contribution in [2.75, 3.05) is 13.1 Å². The molecule has 1 aliphatic heterocycles. The van der Waals surface area contributed by atoms with Gasteiger partial charge in [-0.2, -0.15) is 0 Å². The zero-order valence-electron chi connectivity index (χ0n) is 9.34. The molecule has 1 fully saturated rings. The van der Waals surface area contributed by atoms with Crippen molar-refractivity contribution >= 4 is 11.8 Å². The SMILES string of the molecule is CCCCCNC(=O)C1CCC(=O)NC1. The minimum absolute atomic E-state index is 0.0238. The van der Waals surface area contributed by atoms with Crippen LogP contribution in [0.2, 0.25) is 0 Å². The van der Waals surface area contributed by atoms with Crippen molar-refractivity contribution < 1.29 is 9.59 Å². The Morgan fingerprint density at radius 3 is 2.93 bits per heavy atom. The van der Waals surface area contributed by atoms with Gasteiger partial charge in [0.1, 0.15) is 0 Å². The van der Waals surface area contributed by atoms with Gasteiger partial charge in [-0.25, -0.2) is 0 Å². The molecule has 4 nitrogen and oxygen atoms in total. The summed E-state index contributed by atoms with van der Waals surface area (Å²) in [6.45, 7) is 3.40. The van der Waals surface area contributed by atoms with E-state index in [1.807, 2.05) is 0 Å². The second kappa shape index (κ2) is 6.43. The lowest BCUT2D eigenvalue weighted by Gasteiger charge is -2.21. The Morgan fingerprint density at radius 1 is 1.53 bits per heavy atom. The average Bonchev–Trinajstić information content (AvgIpc) is 2.25. The van der Waals surface area contributed by atoms with Gasteiger partial charge in [0.2, 0.25) is 11.8 Å². The van der Waals surface area contributed by atoms with Crippen LogP contribution >= 0.6 is 0 Å². The molecular weight excluding hydrogens is 192 g/mol. The van der Waals surface area contributed by atoms with Crippen molar-refractivity contribution in [2.24, 2.45) is 5.92 Å². The zero-order chi connectivity index (χ0) is 11.1. The number of rotatable bonds is 5. The third-order valence-corrected chi connectivity index (χ3v) is 2.72. The van der Waals surface area contributed by atoms with Crippen LogP contribution in [-0.2, 0) is 9.59 Å². The Kier molecular flexibility index (Phi) is 5.15. The first-order valence-corrected chi connectivity index (χ1v) is 5.78. The molecule has 0 saturated carbocycles. The van der Waals surface area contributed by atoms with E-state index < -0.39 is 0 Å². The molecule has 1 rings (SSSR count). The molecule has 1 unspecified atom stereocenters. The van der Waals surface area contributed by atoms with Crippen molar-refractivity contribution in [3.05, 3.63) is 0 Å². The normalized spacial score (nSPS) is 20.9. The van der Waals surface area contributed by atoms with Crippen LogP contribution in [0, 0.1) is 5.92 Å². The number of piperidine rings is 1. The summed E-state index contributed by atoms with van der Waals surface area (Å²) in [5.74, 6) is 0.125. The molecule has 1 heterocycles. The Hall–Kier alpha value is -1.06. The first kappa shape index (κ1) is 12.0. The number of carbonyl (C=O) groups is 2. The molecule has 2 N–H and O–H groups in total. The highest BCUT2D eigenvalue weighted by Gasteiger charge is 2.23. The van der Waals surface area contributed by atoms with E-state index in [-0.39, 0.29) is 17.7 Å². The number of hydrogen-bond acceptors (Lipinski definition) is 2. The lowest BCUT2D eigenvalue weighted by atomic mass is 9.98.